The van der Waals surface area contributed by atoms with Crippen LogP contribution in [0, 0.1) is 0 Å². The van der Waals surface area contributed by atoms with Gasteiger partial charge in [0.05, 0.1) is 15.9 Å². The second-order valence-electron chi connectivity index (χ2n) is 4.90. The average molecular weight is 278 g/mol. The lowest BCUT2D eigenvalue weighted by Crippen LogP contribution is -1.81. The first-order chi connectivity index (χ1) is 9.85. The zero-order valence-corrected chi connectivity index (χ0v) is 12.0. The van der Waals surface area contributed by atoms with E-state index in [1.54, 1.807) is 11.3 Å². The first-order valence-corrected chi connectivity index (χ1v) is 7.63. The summed E-state index contributed by atoms with van der Waals surface area (Å²) < 4.78 is 3.46. The molecular formula is C17H14N2S. The Kier molecular flexibility index (Phi) is 2.60. The summed E-state index contributed by atoms with van der Waals surface area (Å²) in [6, 6.07) is 17.1. The van der Waals surface area contributed by atoms with Gasteiger partial charge in [-0.25, -0.2) is 4.98 Å². The summed E-state index contributed by atoms with van der Waals surface area (Å²) in [6.07, 6.45) is 3.21. The minimum atomic E-state index is 1.05. The zero-order valence-electron chi connectivity index (χ0n) is 11.2. The monoisotopic (exact) mass is 278 g/mol. The third-order valence-electron chi connectivity index (χ3n) is 3.66. The quantitative estimate of drug-likeness (QED) is 0.516. The fraction of sp³-hybridized carbons (Fsp3) is 0.118. The van der Waals surface area contributed by atoms with Crippen LogP contribution in [-0.4, -0.2) is 9.38 Å². The van der Waals surface area contributed by atoms with E-state index in [0.717, 1.165) is 17.1 Å². The Morgan fingerprint density at radius 3 is 2.65 bits per heavy atom. The van der Waals surface area contributed by atoms with Gasteiger partial charge >= 0.3 is 0 Å². The molecule has 0 saturated heterocycles. The molecular weight excluding hydrogens is 264 g/mol. The van der Waals surface area contributed by atoms with Crippen molar-refractivity contribution >= 4 is 26.5 Å². The SMILES string of the molecule is CCc1ccc(-c2cn3c(n2)sc2ccccc23)cc1. The maximum atomic E-state index is 4.76. The van der Waals surface area contributed by atoms with Crippen molar-refractivity contribution in [3.8, 4) is 11.3 Å². The average Bonchev–Trinajstić information content (AvgIpc) is 3.05. The van der Waals surface area contributed by atoms with Gasteiger partial charge in [-0.05, 0) is 24.1 Å². The molecule has 4 aromatic rings. The summed E-state index contributed by atoms with van der Waals surface area (Å²) >= 11 is 1.74. The number of imidazole rings is 1. The lowest BCUT2D eigenvalue weighted by atomic mass is 10.1. The normalized spacial score (nSPS) is 11.4. The molecule has 0 radical (unpaired) electrons. The molecule has 3 heteroatoms. The number of hydrogen-bond donors (Lipinski definition) is 0. The Labute approximate surface area is 121 Å². The minimum absolute atomic E-state index is 1.05. The summed E-state index contributed by atoms with van der Waals surface area (Å²) in [7, 11) is 0. The number of fused-ring (bicyclic) bond motifs is 3. The second-order valence-corrected chi connectivity index (χ2v) is 5.91. The number of thiazole rings is 1. The van der Waals surface area contributed by atoms with Crippen LogP contribution in [0.3, 0.4) is 0 Å². The summed E-state index contributed by atoms with van der Waals surface area (Å²) in [5, 5.41) is 0. The maximum Gasteiger partial charge on any atom is 0.195 e. The van der Waals surface area contributed by atoms with Crippen LogP contribution >= 0.6 is 11.3 Å². The van der Waals surface area contributed by atoms with Crippen LogP contribution < -0.4 is 0 Å². The summed E-state index contributed by atoms with van der Waals surface area (Å²) in [5.41, 5.74) is 4.82. The molecule has 4 rings (SSSR count). The standard InChI is InChI=1S/C17H14N2S/c1-2-12-7-9-13(10-8-12)14-11-19-15-5-3-4-6-16(15)20-17(19)18-14/h3-11H,2H2,1H3. The molecule has 2 heterocycles. The number of nitrogens with zero attached hydrogens (tertiary/aromatic N) is 2. The number of rotatable bonds is 2. The van der Waals surface area contributed by atoms with Gasteiger partial charge in [-0.15, -0.1) is 0 Å². The molecule has 0 amide bonds. The fourth-order valence-electron chi connectivity index (χ4n) is 2.50. The van der Waals surface area contributed by atoms with Gasteiger partial charge in [0.15, 0.2) is 4.96 Å². The Balaban J connectivity index is 1.87. The molecule has 0 aliphatic heterocycles. The lowest BCUT2D eigenvalue weighted by Gasteiger charge is -1.98. The Hall–Kier alpha value is -2.13. The maximum absolute atomic E-state index is 4.76. The molecule has 0 atom stereocenters. The highest BCUT2D eigenvalue weighted by Crippen LogP contribution is 2.29. The van der Waals surface area contributed by atoms with Crippen LogP contribution in [0.2, 0.25) is 0 Å². The van der Waals surface area contributed by atoms with E-state index in [1.807, 2.05) is 0 Å². The molecule has 0 saturated carbocycles. The van der Waals surface area contributed by atoms with E-state index in [2.05, 4.69) is 66.1 Å². The molecule has 0 aliphatic rings. The lowest BCUT2D eigenvalue weighted by molar-refractivity contribution is 1.14. The van der Waals surface area contributed by atoms with Gasteiger partial charge < -0.3 is 0 Å². The van der Waals surface area contributed by atoms with Gasteiger partial charge in [-0.2, -0.15) is 0 Å². The highest BCUT2D eigenvalue weighted by molar-refractivity contribution is 7.23. The van der Waals surface area contributed by atoms with E-state index in [-0.39, 0.29) is 0 Å². The molecule has 0 spiro atoms. The van der Waals surface area contributed by atoms with Crippen LogP contribution in [-0.2, 0) is 6.42 Å². The first-order valence-electron chi connectivity index (χ1n) is 6.81. The van der Waals surface area contributed by atoms with Crippen molar-refractivity contribution in [2.45, 2.75) is 13.3 Å². The number of aryl methyl sites for hydroxylation is 1. The number of aromatic nitrogens is 2. The van der Waals surface area contributed by atoms with Crippen LogP contribution in [0.5, 0.6) is 0 Å². The van der Waals surface area contributed by atoms with E-state index in [9.17, 15) is 0 Å². The minimum Gasteiger partial charge on any atom is -0.290 e. The molecule has 2 aromatic heterocycles. The fourth-order valence-corrected chi connectivity index (χ4v) is 3.51. The number of hydrogen-bond acceptors (Lipinski definition) is 2. The third-order valence-corrected chi connectivity index (χ3v) is 4.69. The van der Waals surface area contributed by atoms with Crippen molar-refractivity contribution in [3.05, 3.63) is 60.3 Å². The van der Waals surface area contributed by atoms with E-state index in [1.165, 1.54) is 21.3 Å². The molecule has 0 bridgehead atoms. The van der Waals surface area contributed by atoms with E-state index < -0.39 is 0 Å². The summed E-state index contributed by atoms with van der Waals surface area (Å²) in [6.45, 7) is 2.17. The third kappa shape index (κ3) is 1.74. The summed E-state index contributed by atoms with van der Waals surface area (Å²) in [5.74, 6) is 0. The van der Waals surface area contributed by atoms with Crippen molar-refractivity contribution in [2.24, 2.45) is 0 Å². The highest BCUT2D eigenvalue weighted by atomic mass is 32.1. The predicted octanol–water partition coefficient (Wildman–Crippen LogP) is 4.78. The molecule has 0 N–H and O–H groups in total. The van der Waals surface area contributed by atoms with Crippen molar-refractivity contribution in [1.29, 1.82) is 0 Å². The summed E-state index contributed by atoms with van der Waals surface area (Å²) in [4.78, 5) is 5.81. The molecule has 2 nitrogen and oxygen atoms in total. The van der Waals surface area contributed by atoms with Crippen molar-refractivity contribution in [2.75, 3.05) is 0 Å². The molecule has 0 aliphatic carbocycles. The largest absolute Gasteiger partial charge is 0.290 e. The molecule has 0 unspecified atom stereocenters. The van der Waals surface area contributed by atoms with Crippen molar-refractivity contribution < 1.29 is 0 Å². The molecule has 2 aromatic carbocycles. The zero-order chi connectivity index (χ0) is 13.5. The first kappa shape index (κ1) is 11.7. The van der Waals surface area contributed by atoms with Crippen LogP contribution in [0.15, 0.2) is 54.7 Å². The number of benzene rings is 2. The van der Waals surface area contributed by atoms with Crippen molar-refractivity contribution in [1.82, 2.24) is 9.38 Å². The highest BCUT2D eigenvalue weighted by Gasteiger charge is 2.09. The van der Waals surface area contributed by atoms with Crippen molar-refractivity contribution in [3.63, 3.8) is 0 Å². The van der Waals surface area contributed by atoms with Gasteiger partial charge in [0.25, 0.3) is 0 Å². The van der Waals surface area contributed by atoms with E-state index in [0.29, 0.717) is 0 Å². The Bertz CT molecular complexity index is 884. The molecule has 20 heavy (non-hydrogen) atoms. The van der Waals surface area contributed by atoms with Gasteiger partial charge in [0, 0.05) is 11.8 Å². The smallest absolute Gasteiger partial charge is 0.195 e. The molecule has 98 valence electrons. The van der Waals surface area contributed by atoms with Gasteiger partial charge in [-0.3, -0.25) is 4.40 Å². The topological polar surface area (TPSA) is 17.3 Å². The Morgan fingerprint density at radius 2 is 1.85 bits per heavy atom. The van der Waals surface area contributed by atoms with Gasteiger partial charge in [-0.1, -0.05) is 54.7 Å². The van der Waals surface area contributed by atoms with Gasteiger partial charge in [0.1, 0.15) is 0 Å². The van der Waals surface area contributed by atoms with Crippen LogP contribution in [0.1, 0.15) is 12.5 Å². The second kappa shape index (κ2) is 4.46. The van der Waals surface area contributed by atoms with E-state index in [4.69, 9.17) is 4.98 Å². The van der Waals surface area contributed by atoms with E-state index >= 15 is 0 Å². The molecule has 0 fully saturated rings. The number of para-hydroxylation sites is 1. The van der Waals surface area contributed by atoms with Crippen LogP contribution in [0.4, 0.5) is 0 Å². The van der Waals surface area contributed by atoms with Gasteiger partial charge in [0.2, 0.25) is 0 Å². The Morgan fingerprint density at radius 1 is 1.05 bits per heavy atom. The predicted molar refractivity (Wildman–Crippen MR) is 85.4 cm³/mol. The van der Waals surface area contributed by atoms with Crippen LogP contribution in [0.25, 0.3) is 26.4 Å².